The minimum atomic E-state index is -0.154. The maximum atomic E-state index is 11.1. The van der Waals surface area contributed by atoms with E-state index in [2.05, 4.69) is 10.6 Å². The molecule has 1 aliphatic rings. The fourth-order valence-electron chi connectivity index (χ4n) is 0.917. The standard InChI is InChI=1S/C8H16N2O2/c1-2-6(5-11)9-8(12)10-7-3-4-7/h6-7,11H,2-5H2,1H3,(H2,9,10,12). The first-order valence-electron chi connectivity index (χ1n) is 4.44. The molecule has 0 aromatic heterocycles. The van der Waals surface area contributed by atoms with Gasteiger partial charge in [0.2, 0.25) is 0 Å². The quantitative estimate of drug-likeness (QED) is 0.568. The van der Waals surface area contributed by atoms with E-state index >= 15 is 0 Å². The zero-order valence-electron chi connectivity index (χ0n) is 7.34. The molecule has 1 unspecified atom stereocenters. The van der Waals surface area contributed by atoms with Crippen LogP contribution >= 0.6 is 0 Å². The molecule has 1 rings (SSSR count). The van der Waals surface area contributed by atoms with Crippen molar-refractivity contribution in [1.29, 1.82) is 0 Å². The van der Waals surface area contributed by atoms with Crippen molar-refractivity contribution in [2.24, 2.45) is 0 Å². The Bertz CT molecular complexity index is 153. The van der Waals surface area contributed by atoms with Crippen LogP contribution in [0.5, 0.6) is 0 Å². The third-order valence-electron chi connectivity index (χ3n) is 1.96. The van der Waals surface area contributed by atoms with Gasteiger partial charge in [0.1, 0.15) is 0 Å². The summed E-state index contributed by atoms with van der Waals surface area (Å²) in [4.78, 5) is 11.1. The van der Waals surface area contributed by atoms with Crippen molar-refractivity contribution in [3.8, 4) is 0 Å². The van der Waals surface area contributed by atoms with Crippen LogP contribution in [0.3, 0.4) is 0 Å². The zero-order valence-corrected chi connectivity index (χ0v) is 7.34. The minimum Gasteiger partial charge on any atom is -0.394 e. The average Bonchev–Trinajstić information content (AvgIpc) is 2.84. The van der Waals surface area contributed by atoms with E-state index in [1.165, 1.54) is 0 Å². The highest BCUT2D eigenvalue weighted by Gasteiger charge is 2.23. The Balaban J connectivity index is 2.13. The summed E-state index contributed by atoms with van der Waals surface area (Å²) < 4.78 is 0. The Morgan fingerprint density at radius 2 is 2.33 bits per heavy atom. The highest BCUT2D eigenvalue weighted by Crippen LogP contribution is 2.18. The molecular weight excluding hydrogens is 156 g/mol. The van der Waals surface area contributed by atoms with Gasteiger partial charge in [0.05, 0.1) is 12.6 Å². The van der Waals surface area contributed by atoms with Crippen LogP contribution in [0, 0.1) is 0 Å². The normalized spacial score (nSPS) is 18.5. The van der Waals surface area contributed by atoms with Crippen LogP contribution in [0.1, 0.15) is 26.2 Å². The lowest BCUT2D eigenvalue weighted by Gasteiger charge is -2.14. The number of aliphatic hydroxyl groups excluding tert-OH is 1. The number of aliphatic hydroxyl groups is 1. The molecule has 1 atom stereocenters. The Morgan fingerprint density at radius 3 is 2.75 bits per heavy atom. The molecule has 4 heteroatoms. The maximum absolute atomic E-state index is 11.1. The fourth-order valence-corrected chi connectivity index (χ4v) is 0.917. The van der Waals surface area contributed by atoms with E-state index < -0.39 is 0 Å². The molecule has 0 bridgehead atoms. The molecular formula is C8H16N2O2. The lowest BCUT2D eigenvalue weighted by atomic mass is 10.2. The summed E-state index contributed by atoms with van der Waals surface area (Å²) in [6.45, 7) is 1.94. The zero-order chi connectivity index (χ0) is 8.97. The second-order valence-corrected chi connectivity index (χ2v) is 3.18. The molecule has 1 aliphatic carbocycles. The van der Waals surface area contributed by atoms with Crippen LogP contribution in [0.2, 0.25) is 0 Å². The van der Waals surface area contributed by atoms with E-state index in [9.17, 15) is 4.79 Å². The van der Waals surface area contributed by atoms with E-state index in [0.29, 0.717) is 6.04 Å². The summed E-state index contributed by atoms with van der Waals surface area (Å²) in [6.07, 6.45) is 2.93. The summed E-state index contributed by atoms with van der Waals surface area (Å²) in [5.74, 6) is 0. The molecule has 12 heavy (non-hydrogen) atoms. The third-order valence-corrected chi connectivity index (χ3v) is 1.96. The molecule has 4 nitrogen and oxygen atoms in total. The van der Waals surface area contributed by atoms with Crippen molar-refractivity contribution in [1.82, 2.24) is 10.6 Å². The Labute approximate surface area is 72.3 Å². The minimum absolute atomic E-state index is 0.00852. The maximum Gasteiger partial charge on any atom is 0.315 e. The van der Waals surface area contributed by atoms with E-state index in [1.54, 1.807) is 0 Å². The predicted octanol–water partition coefficient (Wildman–Crippen LogP) is 0.219. The molecule has 3 N–H and O–H groups in total. The van der Waals surface area contributed by atoms with Crippen molar-refractivity contribution in [2.45, 2.75) is 38.3 Å². The highest BCUT2D eigenvalue weighted by molar-refractivity contribution is 5.74. The van der Waals surface area contributed by atoms with Gasteiger partial charge in [0, 0.05) is 6.04 Å². The summed E-state index contributed by atoms with van der Waals surface area (Å²) >= 11 is 0. The molecule has 0 aromatic carbocycles. The van der Waals surface area contributed by atoms with Gasteiger partial charge in [-0.1, -0.05) is 6.92 Å². The topological polar surface area (TPSA) is 61.4 Å². The monoisotopic (exact) mass is 172 g/mol. The third kappa shape index (κ3) is 3.09. The lowest BCUT2D eigenvalue weighted by Crippen LogP contribution is -2.44. The van der Waals surface area contributed by atoms with Gasteiger partial charge >= 0.3 is 6.03 Å². The van der Waals surface area contributed by atoms with Gasteiger partial charge < -0.3 is 15.7 Å². The molecule has 1 saturated carbocycles. The van der Waals surface area contributed by atoms with Crippen molar-refractivity contribution in [3.05, 3.63) is 0 Å². The predicted molar refractivity (Wildman–Crippen MR) is 45.9 cm³/mol. The van der Waals surface area contributed by atoms with Crippen molar-refractivity contribution in [2.75, 3.05) is 6.61 Å². The number of carbonyl (C=O) groups is 1. The fraction of sp³-hybridized carbons (Fsp3) is 0.875. The molecule has 0 saturated heterocycles. The number of amides is 2. The number of rotatable bonds is 4. The second kappa shape index (κ2) is 4.30. The van der Waals surface area contributed by atoms with Gasteiger partial charge in [-0.05, 0) is 19.3 Å². The van der Waals surface area contributed by atoms with E-state index in [1.807, 2.05) is 6.92 Å². The smallest absolute Gasteiger partial charge is 0.315 e. The largest absolute Gasteiger partial charge is 0.394 e. The Morgan fingerprint density at radius 1 is 1.67 bits per heavy atom. The van der Waals surface area contributed by atoms with Gasteiger partial charge in [-0.2, -0.15) is 0 Å². The summed E-state index contributed by atoms with van der Waals surface area (Å²) in [5, 5.41) is 14.3. The molecule has 0 aliphatic heterocycles. The number of carbonyl (C=O) groups excluding carboxylic acids is 1. The molecule has 0 aromatic rings. The van der Waals surface area contributed by atoms with Crippen LogP contribution in [0.15, 0.2) is 0 Å². The Kier molecular flexibility index (Phi) is 3.34. The summed E-state index contributed by atoms with van der Waals surface area (Å²) in [6, 6.07) is 0.114. The van der Waals surface area contributed by atoms with Gasteiger partial charge in [0.25, 0.3) is 0 Å². The van der Waals surface area contributed by atoms with E-state index in [-0.39, 0.29) is 18.7 Å². The van der Waals surface area contributed by atoms with Gasteiger partial charge in [-0.15, -0.1) is 0 Å². The van der Waals surface area contributed by atoms with Gasteiger partial charge in [-0.3, -0.25) is 0 Å². The van der Waals surface area contributed by atoms with Crippen molar-refractivity contribution >= 4 is 6.03 Å². The Hall–Kier alpha value is -0.770. The lowest BCUT2D eigenvalue weighted by molar-refractivity contribution is 0.214. The first kappa shape index (κ1) is 9.32. The van der Waals surface area contributed by atoms with Crippen molar-refractivity contribution < 1.29 is 9.90 Å². The van der Waals surface area contributed by atoms with Crippen LogP contribution < -0.4 is 10.6 Å². The molecule has 0 heterocycles. The number of urea groups is 1. The first-order valence-corrected chi connectivity index (χ1v) is 4.44. The number of hydrogen-bond acceptors (Lipinski definition) is 2. The van der Waals surface area contributed by atoms with Crippen LogP contribution in [-0.4, -0.2) is 29.8 Å². The highest BCUT2D eigenvalue weighted by atomic mass is 16.3. The number of hydrogen-bond donors (Lipinski definition) is 3. The summed E-state index contributed by atoms with van der Waals surface area (Å²) in [7, 11) is 0. The van der Waals surface area contributed by atoms with Crippen molar-refractivity contribution in [3.63, 3.8) is 0 Å². The molecule has 70 valence electrons. The first-order chi connectivity index (χ1) is 5.76. The van der Waals surface area contributed by atoms with E-state index in [0.717, 1.165) is 19.3 Å². The average molecular weight is 172 g/mol. The van der Waals surface area contributed by atoms with E-state index in [4.69, 9.17) is 5.11 Å². The SMILES string of the molecule is CCC(CO)NC(=O)NC1CC1. The molecule has 0 spiro atoms. The summed E-state index contributed by atoms with van der Waals surface area (Å²) in [5.41, 5.74) is 0. The van der Waals surface area contributed by atoms with Gasteiger partial charge in [-0.25, -0.2) is 4.79 Å². The van der Waals surface area contributed by atoms with Crippen LogP contribution in [-0.2, 0) is 0 Å². The van der Waals surface area contributed by atoms with Gasteiger partial charge in [0.15, 0.2) is 0 Å². The second-order valence-electron chi connectivity index (χ2n) is 3.18. The number of nitrogens with one attached hydrogen (secondary N) is 2. The molecule has 0 radical (unpaired) electrons. The molecule has 2 amide bonds. The van der Waals surface area contributed by atoms with Crippen LogP contribution in [0.25, 0.3) is 0 Å². The van der Waals surface area contributed by atoms with Crippen LogP contribution in [0.4, 0.5) is 4.79 Å². The molecule has 1 fully saturated rings.